The molecule has 0 radical (unpaired) electrons. The minimum atomic E-state index is -1.23. The van der Waals surface area contributed by atoms with Crippen LogP contribution in [0.25, 0.3) is 11.3 Å². The van der Waals surface area contributed by atoms with Crippen molar-refractivity contribution in [2.75, 3.05) is 18.0 Å². The van der Waals surface area contributed by atoms with E-state index < -0.39 is 17.7 Å². The van der Waals surface area contributed by atoms with Crippen LogP contribution < -0.4 is 10.5 Å². The van der Waals surface area contributed by atoms with Crippen LogP contribution in [-0.2, 0) is 6.42 Å². The van der Waals surface area contributed by atoms with Gasteiger partial charge >= 0.3 is 5.97 Å². The number of H-pyrrole nitrogens is 1. The Morgan fingerprint density at radius 1 is 1.38 bits per heavy atom. The van der Waals surface area contributed by atoms with Crippen LogP contribution in [0.15, 0.2) is 35.1 Å². The monoisotopic (exact) mass is 330 g/mol. The predicted octanol–water partition coefficient (Wildman–Crippen LogP) is 2.85. The van der Waals surface area contributed by atoms with Gasteiger partial charge in [-0.25, -0.2) is 9.18 Å². The Bertz CT molecular complexity index is 814. The van der Waals surface area contributed by atoms with Gasteiger partial charge in [-0.3, -0.25) is 4.79 Å². The maximum atomic E-state index is 13.3. The highest BCUT2D eigenvalue weighted by Gasteiger charge is 2.22. The number of hydrogen-bond acceptors (Lipinski definition) is 3. The molecule has 0 bridgehead atoms. The van der Waals surface area contributed by atoms with Gasteiger partial charge in [0.15, 0.2) is 0 Å². The summed E-state index contributed by atoms with van der Waals surface area (Å²) in [6.07, 6.45) is 0.367. The van der Waals surface area contributed by atoms with Gasteiger partial charge in [0.05, 0.1) is 5.69 Å². The van der Waals surface area contributed by atoms with Crippen molar-refractivity contribution in [3.8, 4) is 11.3 Å². The summed E-state index contributed by atoms with van der Waals surface area (Å²) < 4.78 is 13.3. The zero-order valence-electron chi connectivity index (χ0n) is 13.4. The number of carbonyl (C=O) groups is 1. The van der Waals surface area contributed by atoms with Crippen molar-refractivity contribution in [3.05, 3.63) is 51.8 Å². The van der Waals surface area contributed by atoms with Crippen LogP contribution in [0, 0.1) is 0 Å². The minimum Gasteiger partial charge on any atom is -0.477 e. The molecule has 1 fully saturated rings. The van der Waals surface area contributed by atoms with Crippen LogP contribution in [0.2, 0.25) is 0 Å². The second-order valence-electron chi connectivity index (χ2n) is 5.95. The molecule has 0 unspecified atom stereocenters. The first-order chi connectivity index (χ1) is 11.5. The molecule has 2 N–H and O–H groups in total. The quantitative estimate of drug-likeness (QED) is 0.904. The van der Waals surface area contributed by atoms with Gasteiger partial charge in [0.1, 0.15) is 11.7 Å². The number of hydrogen-bond donors (Lipinski definition) is 2. The lowest BCUT2D eigenvalue weighted by atomic mass is 10.0. The topological polar surface area (TPSA) is 73.4 Å². The first-order valence-corrected chi connectivity index (χ1v) is 7.98. The highest BCUT2D eigenvalue weighted by molar-refractivity contribution is 5.88. The first-order valence-electron chi connectivity index (χ1n) is 7.98. The number of pyridine rings is 1. The van der Waals surface area contributed by atoms with E-state index in [1.165, 1.54) is 6.07 Å². The third-order valence-corrected chi connectivity index (χ3v) is 4.39. The molecule has 6 heteroatoms. The van der Waals surface area contributed by atoms with Crippen molar-refractivity contribution in [1.29, 1.82) is 0 Å². The molecule has 0 saturated carbocycles. The van der Waals surface area contributed by atoms with Gasteiger partial charge < -0.3 is 15.0 Å². The van der Waals surface area contributed by atoms with E-state index in [9.17, 15) is 14.0 Å². The van der Waals surface area contributed by atoms with Crippen LogP contribution in [0.5, 0.6) is 0 Å². The van der Waals surface area contributed by atoms with Gasteiger partial charge in [-0.2, -0.15) is 0 Å². The number of anilines is 1. The van der Waals surface area contributed by atoms with E-state index in [2.05, 4.69) is 4.98 Å². The maximum absolute atomic E-state index is 13.3. The summed E-state index contributed by atoms with van der Waals surface area (Å²) in [6, 6.07) is 8.96. The molecule has 1 aromatic carbocycles. The molecule has 0 amide bonds. The van der Waals surface area contributed by atoms with E-state index in [0.717, 1.165) is 16.8 Å². The Morgan fingerprint density at radius 3 is 2.62 bits per heavy atom. The van der Waals surface area contributed by atoms with Gasteiger partial charge in [0, 0.05) is 18.8 Å². The smallest absolute Gasteiger partial charge is 0.341 e. The van der Waals surface area contributed by atoms with Crippen molar-refractivity contribution in [3.63, 3.8) is 0 Å². The van der Waals surface area contributed by atoms with Crippen LogP contribution in [0.1, 0.15) is 29.3 Å². The van der Waals surface area contributed by atoms with Crippen LogP contribution >= 0.6 is 0 Å². The first kappa shape index (κ1) is 16.2. The molecule has 1 aliphatic rings. The normalized spacial score (nSPS) is 17.2. The fourth-order valence-electron chi connectivity index (χ4n) is 3.06. The third-order valence-electron chi connectivity index (χ3n) is 4.39. The molecule has 0 spiro atoms. The molecule has 1 saturated heterocycles. The summed E-state index contributed by atoms with van der Waals surface area (Å²) >= 11 is 0. The van der Waals surface area contributed by atoms with E-state index in [1.807, 2.05) is 36.1 Å². The average Bonchev–Trinajstić information content (AvgIpc) is 3.01. The second kappa shape index (κ2) is 6.47. The average molecular weight is 330 g/mol. The van der Waals surface area contributed by atoms with Crippen molar-refractivity contribution in [1.82, 2.24) is 4.98 Å². The highest BCUT2D eigenvalue weighted by atomic mass is 19.1. The summed E-state index contributed by atoms with van der Waals surface area (Å²) in [4.78, 5) is 27.7. The molecular weight excluding hydrogens is 311 g/mol. The lowest BCUT2D eigenvalue weighted by Gasteiger charge is -2.18. The Morgan fingerprint density at radius 2 is 2.08 bits per heavy atom. The maximum Gasteiger partial charge on any atom is 0.341 e. The van der Waals surface area contributed by atoms with Crippen molar-refractivity contribution in [2.45, 2.75) is 25.9 Å². The molecule has 3 rings (SSSR count). The Labute approximate surface area is 138 Å². The van der Waals surface area contributed by atoms with Crippen molar-refractivity contribution >= 4 is 11.7 Å². The van der Waals surface area contributed by atoms with Crippen molar-refractivity contribution in [2.24, 2.45) is 0 Å². The third kappa shape index (κ3) is 3.04. The SMILES string of the molecule is CCc1cc(C(=O)O)c(=O)[nH]c1-c1ccc(N2CC[C@@H](F)C2)cc1. The molecular formula is C18H19FN2O3. The molecule has 2 heterocycles. The Balaban J connectivity index is 1.95. The van der Waals surface area contributed by atoms with E-state index in [4.69, 9.17) is 5.11 Å². The molecule has 5 nitrogen and oxygen atoms in total. The number of aromatic nitrogens is 1. The molecule has 1 atom stereocenters. The van der Waals surface area contributed by atoms with E-state index in [0.29, 0.717) is 31.6 Å². The number of carboxylic acids is 1. The number of aromatic carboxylic acids is 1. The number of rotatable bonds is 4. The van der Waals surface area contributed by atoms with E-state index >= 15 is 0 Å². The number of nitrogens with zero attached hydrogens (tertiary/aromatic N) is 1. The summed E-state index contributed by atoms with van der Waals surface area (Å²) in [5.41, 5.74) is 2.28. The van der Waals surface area contributed by atoms with Crippen molar-refractivity contribution < 1.29 is 14.3 Å². The molecule has 0 aliphatic carbocycles. The summed E-state index contributed by atoms with van der Waals surface area (Å²) in [6.45, 7) is 3.01. The lowest BCUT2D eigenvalue weighted by molar-refractivity contribution is 0.0695. The molecule has 2 aromatic rings. The fraction of sp³-hybridized carbons (Fsp3) is 0.333. The Hall–Kier alpha value is -2.63. The Kier molecular flexibility index (Phi) is 4.38. The summed E-state index contributed by atoms with van der Waals surface area (Å²) in [7, 11) is 0. The number of alkyl halides is 1. The van der Waals surface area contributed by atoms with Gasteiger partial charge in [0.2, 0.25) is 0 Å². The van der Waals surface area contributed by atoms with Gasteiger partial charge in [-0.05, 0) is 42.2 Å². The number of halogens is 1. The number of aryl methyl sites for hydroxylation is 1. The van der Waals surface area contributed by atoms with Crippen LogP contribution in [-0.4, -0.2) is 35.3 Å². The molecule has 126 valence electrons. The predicted molar refractivity (Wildman–Crippen MR) is 90.6 cm³/mol. The van der Waals surface area contributed by atoms with E-state index in [1.54, 1.807) is 0 Å². The zero-order valence-corrected chi connectivity index (χ0v) is 13.4. The highest BCUT2D eigenvalue weighted by Crippen LogP contribution is 2.27. The molecule has 1 aromatic heterocycles. The molecule has 24 heavy (non-hydrogen) atoms. The van der Waals surface area contributed by atoms with Crippen LogP contribution in [0.4, 0.5) is 10.1 Å². The number of aromatic amines is 1. The number of benzene rings is 1. The van der Waals surface area contributed by atoms with Crippen LogP contribution in [0.3, 0.4) is 0 Å². The van der Waals surface area contributed by atoms with Gasteiger partial charge in [-0.15, -0.1) is 0 Å². The van der Waals surface area contributed by atoms with E-state index in [-0.39, 0.29) is 5.56 Å². The minimum absolute atomic E-state index is 0.252. The number of nitrogens with one attached hydrogen (secondary N) is 1. The van der Waals surface area contributed by atoms with Gasteiger partial charge in [0.25, 0.3) is 5.56 Å². The fourth-order valence-corrected chi connectivity index (χ4v) is 3.06. The molecule has 1 aliphatic heterocycles. The largest absolute Gasteiger partial charge is 0.477 e. The number of carboxylic acid groups (broad SMARTS) is 1. The standard InChI is InChI=1S/C18H19FN2O3/c1-2-11-9-15(18(23)24)17(22)20-16(11)12-3-5-14(6-4-12)21-8-7-13(19)10-21/h3-6,9,13H,2,7-8,10H2,1H3,(H,20,22)(H,23,24)/t13-/m1/s1. The zero-order chi connectivity index (χ0) is 17.3. The lowest BCUT2D eigenvalue weighted by Crippen LogP contribution is -2.20. The van der Waals surface area contributed by atoms with Gasteiger partial charge in [-0.1, -0.05) is 19.1 Å². The second-order valence-corrected chi connectivity index (χ2v) is 5.95. The summed E-state index contributed by atoms with van der Waals surface area (Å²) in [5, 5.41) is 9.07. The summed E-state index contributed by atoms with van der Waals surface area (Å²) in [5.74, 6) is -1.23.